The highest BCUT2D eigenvalue weighted by molar-refractivity contribution is 5.79. The summed E-state index contributed by atoms with van der Waals surface area (Å²) >= 11 is 0. The van der Waals surface area contributed by atoms with E-state index in [1.165, 1.54) is 5.69 Å². The molecule has 0 radical (unpaired) electrons. The predicted octanol–water partition coefficient (Wildman–Crippen LogP) is 1.48. The van der Waals surface area contributed by atoms with Crippen molar-refractivity contribution in [3.05, 3.63) is 24.3 Å². The van der Waals surface area contributed by atoms with Crippen molar-refractivity contribution in [1.29, 1.82) is 0 Å². The molecule has 0 aliphatic carbocycles. The summed E-state index contributed by atoms with van der Waals surface area (Å²) in [7, 11) is 3.55. The normalized spacial score (nSPS) is 19.1. The lowest BCUT2D eigenvalue weighted by molar-refractivity contribution is -0.00833. The number of guanidine groups is 1. The number of nitrogens with zero attached hydrogens (tertiary/aromatic N) is 4. The first-order valence-corrected chi connectivity index (χ1v) is 11.9. The van der Waals surface area contributed by atoms with E-state index >= 15 is 0 Å². The molecule has 2 saturated heterocycles. The molecule has 8 nitrogen and oxygen atoms in total. The van der Waals surface area contributed by atoms with Crippen LogP contribution in [0.3, 0.4) is 0 Å². The summed E-state index contributed by atoms with van der Waals surface area (Å²) in [6, 6.07) is 8.38. The van der Waals surface area contributed by atoms with Gasteiger partial charge in [0, 0.05) is 70.6 Å². The highest BCUT2D eigenvalue weighted by Crippen LogP contribution is 2.20. The van der Waals surface area contributed by atoms with Crippen molar-refractivity contribution < 1.29 is 9.47 Å². The van der Waals surface area contributed by atoms with Crippen molar-refractivity contribution in [2.75, 3.05) is 91.2 Å². The average molecular weight is 447 g/mol. The third-order valence-corrected chi connectivity index (χ3v) is 6.53. The third-order valence-electron chi connectivity index (χ3n) is 6.53. The zero-order valence-corrected chi connectivity index (χ0v) is 20.4. The second-order valence-corrected chi connectivity index (χ2v) is 9.14. The van der Waals surface area contributed by atoms with E-state index in [1.54, 1.807) is 7.11 Å². The number of aliphatic imine (C=N–C) groups is 1. The van der Waals surface area contributed by atoms with Crippen molar-refractivity contribution in [2.45, 2.75) is 25.8 Å². The van der Waals surface area contributed by atoms with Gasteiger partial charge in [-0.25, -0.2) is 0 Å². The Morgan fingerprint density at radius 2 is 1.72 bits per heavy atom. The molecule has 0 bridgehead atoms. The van der Waals surface area contributed by atoms with E-state index in [1.807, 2.05) is 19.2 Å². The van der Waals surface area contributed by atoms with Gasteiger partial charge in [0.2, 0.25) is 0 Å². The molecule has 3 rings (SSSR count). The van der Waals surface area contributed by atoms with Gasteiger partial charge in [0.1, 0.15) is 5.75 Å². The van der Waals surface area contributed by atoms with Crippen LogP contribution in [0.1, 0.15) is 20.3 Å². The molecule has 8 heteroatoms. The predicted molar refractivity (Wildman–Crippen MR) is 132 cm³/mol. The molecule has 1 aromatic carbocycles. The minimum atomic E-state index is 0.0744. The average Bonchev–Trinajstić information content (AvgIpc) is 2.84. The molecule has 2 N–H and O–H groups in total. The van der Waals surface area contributed by atoms with Gasteiger partial charge < -0.3 is 25.0 Å². The molecule has 0 atom stereocenters. The van der Waals surface area contributed by atoms with Crippen LogP contribution < -0.4 is 20.3 Å². The summed E-state index contributed by atoms with van der Waals surface area (Å²) in [6.45, 7) is 15.4. The molecular formula is C24H42N6O2. The number of hydrogen-bond donors (Lipinski definition) is 2. The maximum Gasteiger partial charge on any atom is 0.191 e. The number of anilines is 1. The number of hydrogen-bond acceptors (Lipinski definition) is 6. The van der Waals surface area contributed by atoms with Gasteiger partial charge in [-0.2, -0.15) is 0 Å². The van der Waals surface area contributed by atoms with E-state index in [0.29, 0.717) is 0 Å². The lowest BCUT2D eigenvalue weighted by Crippen LogP contribution is -2.56. The zero-order valence-electron chi connectivity index (χ0n) is 20.4. The van der Waals surface area contributed by atoms with Crippen molar-refractivity contribution in [3.63, 3.8) is 0 Å². The molecule has 2 fully saturated rings. The fourth-order valence-corrected chi connectivity index (χ4v) is 4.33. The lowest BCUT2D eigenvalue weighted by Gasteiger charge is -2.41. The molecule has 0 unspecified atom stereocenters. The first kappa shape index (κ1) is 24.6. The highest BCUT2D eigenvalue weighted by atomic mass is 16.5. The molecule has 0 spiro atoms. The fraction of sp³-hybridized carbons (Fsp3) is 0.708. The molecule has 0 amide bonds. The van der Waals surface area contributed by atoms with Gasteiger partial charge in [0.05, 0.1) is 20.3 Å². The Bertz CT molecular complexity index is 695. The molecule has 2 aliphatic rings. The van der Waals surface area contributed by atoms with E-state index in [9.17, 15) is 0 Å². The van der Waals surface area contributed by atoms with Crippen molar-refractivity contribution in [3.8, 4) is 5.75 Å². The molecule has 180 valence electrons. The Morgan fingerprint density at radius 3 is 2.34 bits per heavy atom. The summed E-state index contributed by atoms with van der Waals surface area (Å²) in [6.07, 6.45) is 1.11. The second-order valence-electron chi connectivity index (χ2n) is 9.14. The second kappa shape index (κ2) is 12.3. The van der Waals surface area contributed by atoms with Crippen molar-refractivity contribution in [1.82, 2.24) is 20.4 Å². The van der Waals surface area contributed by atoms with Gasteiger partial charge in [-0.3, -0.25) is 14.8 Å². The summed E-state index contributed by atoms with van der Waals surface area (Å²) in [4.78, 5) is 11.9. The van der Waals surface area contributed by atoms with Gasteiger partial charge in [-0.05, 0) is 51.1 Å². The summed E-state index contributed by atoms with van der Waals surface area (Å²) in [5.74, 6) is 1.80. The van der Waals surface area contributed by atoms with E-state index in [4.69, 9.17) is 9.47 Å². The van der Waals surface area contributed by atoms with E-state index in [0.717, 1.165) is 90.2 Å². The summed E-state index contributed by atoms with van der Waals surface area (Å²) in [5.41, 5.74) is 1.35. The van der Waals surface area contributed by atoms with Gasteiger partial charge in [0.15, 0.2) is 5.96 Å². The smallest absolute Gasteiger partial charge is 0.191 e. The Balaban J connectivity index is 1.30. The number of ether oxygens (including phenoxy) is 2. The van der Waals surface area contributed by atoms with Crippen LogP contribution in [0.4, 0.5) is 5.69 Å². The molecule has 2 heterocycles. The van der Waals surface area contributed by atoms with Crippen LogP contribution in [0.15, 0.2) is 29.3 Å². The molecule has 0 saturated carbocycles. The van der Waals surface area contributed by atoms with Crippen LogP contribution >= 0.6 is 0 Å². The molecule has 0 aromatic heterocycles. The minimum absolute atomic E-state index is 0.0744. The Morgan fingerprint density at radius 1 is 1.03 bits per heavy atom. The van der Waals surface area contributed by atoms with Crippen LogP contribution in [-0.2, 0) is 4.74 Å². The van der Waals surface area contributed by atoms with Crippen LogP contribution in [0.5, 0.6) is 5.75 Å². The summed E-state index contributed by atoms with van der Waals surface area (Å²) < 4.78 is 10.7. The maximum absolute atomic E-state index is 5.48. The Kier molecular flexibility index (Phi) is 9.44. The van der Waals surface area contributed by atoms with E-state index in [2.05, 4.69) is 56.3 Å². The van der Waals surface area contributed by atoms with Crippen LogP contribution in [-0.4, -0.2) is 108 Å². The number of methoxy groups -OCH3 is 1. The first-order valence-electron chi connectivity index (χ1n) is 11.9. The molecule has 32 heavy (non-hydrogen) atoms. The molecule has 1 aromatic rings. The first-order chi connectivity index (χ1) is 15.5. The molecular weight excluding hydrogens is 404 g/mol. The largest absolute Gasteiger partial charge is 0.497 e. The van der Waals surface area contributed by atoms with Gasteiger partial charge in [0.25, 0.3) is 0 Å². The summed E-state index contributed by atoms with van der Waals surface area (Å²) in [5, 5.41) is 6.98. The fourth-order valence-electron chi connectivity index (χ4n) is 4.33. The quantitative estimate of drug-likeness (QED) is 0.338. The van der Waals surface area contributed by atoms with Crippen LogP contribution in [0.25, 0.3) is 0 Å². The number of nitrogens with one attached hydrogen (secondary N) is 2. The SMILES string of the molecule is CN=C(NCCCN1CCN(c2ccc(OC)cc2)CC1)NCC(C)(C)N1CCOCC1. The Hall–Kier alpha value is -2.03. The highest BCUT2D eigenvalue weighted by Gasteiger charge is 2.28. The number of benzene rings is 1. The van der Waals surface area contributed by atoms with Crippen molar-refractivity contribution >= 4 is 11.6 Å². The molecule has 2 aliphatic heterocycles. The topological polar surface area (TPSA) is 64.6 Å². The standard InChI is InChI=1S/C24H42N6O2/c1-24(2,30-16-18-32-19-17-30)20-27-23(25-3)26-10-5-11-28-12-14-29(15-13-28)21-6-8-22(31-4)9-7-21/h6-9H,5,10-20H2,1-4H3,(H2,25,26,27). The van der Waals surface area contributed by atoms with E-state index < -0.39 is 0 Å². The Labute approximate surface area is 193 Å². The van der Waals surface area contributed by atoms with Crippen LogP contribution in [0, 0.1) is 0 Å². The van der Waals surface area contributed by atoms with Crippen molar-refractivity contribution in [2.24, 2.45) is 4.99 Å². The number of piperazine rings is 1. The zero-order chi connectivity index (χ0) is 22.8. The van der Waals surface area contributed by atoms with Crippen LogP contribution in [0.2, 0.25) is 0 Å². The number of morpholine rings is 1. The maximum atomic E-state index is 5.48. The van der Waals surface area contributed by atoms with Gasteiger partial charge in [-0.15, -0.1) is 0 Å². The number of rotatable bonds is 9. The van der Waals surface area contributed by atoms with E-state index in [-0.39, 0.29) is 5.54 Å². The lowest BCUT2D eigenvalue weighted by atomic mass is 10.0. The van der Waals surface area contributed by atoms with Gasteiger partial charge >= 0.3 is 0 Å². The monoisotopic (exact) mass is 446 g/mol. The van der Waals surface area contributed by atoms with Gasteiger partial charge in [-0.1, -0.05) is 0 Å². The third kappa shape index (κ3) is 7.25. The minimum Gasteiger partial charge on any atom is -0.497 e.